The van der Waals surface area contributed by atoms with Crippen LogP contribution >= 0.6 is 11.6 Å². The third-order valence-corrected chi connectivity index (χ3v) is 3.10. The third kappa shape index (κ3) is 5.74. The first-order valence-corrected chi connectivity index (χ1v) is 7.14. The van der Waals surface area contributed by atoms with E-state index in [0.29, 0.717) is 5.02 Å². The van der Waals surface area contributed by atoms with Crippen molar-refractivity contribution in [1.29, 1.82) is 0 Å². The van der Waals surface area contributed by atoms with Gasteiger partial charge in [-0.1, -0.05) is 37.4 Å². The lowest BCUT2D eigenvalue weighted by molar-refractivity contribution is 0.217. The Morgan fingerprint density at radius 1 is 1.33 bits per heavy atom. The summed E-state index contributed by atoms with van der Waals surface area (Å²) in [5, 5.41) is 4.09. The van der Waals surface area contributed by atoms with Gasteiger partial charge in [0, 0.05) is 6.54 Å². The number of ether oxygens (including phenoxy) is 1. The molecule has 1 unspecified atom stereocenters. The minimum Gasteiger partial charge on any atom is -0.488 e. The van der Waals surface area contributed by atoms with Gasteiger partial charge < -0.3 is 10.1 Å². The second-order valence-corrected chi connectivity index (χ2v) is 5.18. The molecule has 1 N–H and O–H groups in total. The second kappa shape index (κ2) is 8.39. The number of unbranched alkanes of at least 4 members (excludes halogenated alkanes) is 2. The first-order chi connectivity index (χ1) is 8.63. The first kappa shape index (κ1) is 15.3. The summed E-state index contributed by atoms with van der Waals surface area (Å²) < 4.78 is 5.81. The lowest BCUT2D eigenvalue weighted by Gasteiger charge is -2.16. The molecule has 1 rings (SSSR count). The molecule has 0 aromatic heterocycles. The van der Waals surface area contributed by atoms with Crippen molar-refractivity contribution in [3.8, 4) is 5.75 Å². The number of hydrogen-bond acceptors (Lipinski definition) is 2. The lowest BCUT2D eigenvalue weighted by Crippen LogP contribution is -2.29. The van der Waals surface area contributed by atoms with Crippen molar-refractivity contribution in [3.05, 3.63) is 28.8 Å². The molecule has 1 atom stereocenters. The Morgan fingerprint density at radius 3 is 2.78 bits per heavy atom. The fourth-order valence-electron chi connectivity index (χ4n) is 1.77. The van der Waals surface area contributed by atoms with Crippen molar-refractivity contribution in [3.63, 3.8) is 0 Å². The molecule has 0 bridgehead atoms. The Labute approximate surface area is 116 Å². The van der Waals surface area contributed by atoms with Gasteiger partial charge in [-0.25, -0.2) is 0 Å². The predicted octanol–water partition coefficient (Wildman–Crippen LogP) is 4.20. The average molecular weight is 270 g/mol. The minimum atomic E-state index is 0.131. The van der Waals surface area contributed by atoms with E-state index in [1.165, 1.54) is 19.3 Å². The molecule has 0 spiro atoms. The molecular weight excluding hydrogens is 246 g/mol. The number of halogens is 1. The topological polar surface area (TPSA) is 21.3 Å². The zero-order chi connectivity index (χ0) is 13.4. The van der Waals surface area contributed by atoms with E-state index in [1.807, 2.05) is 25.1 Å². The van der Waals surface area contributed by atoms with E-state index in [1.54, 1.807) is 0 Å². The summed E-state index contributed by atoms with van der Waals surface area (Å²) in [7, 11) is 0. The van der Waals surface area contributed by atoms with Crippen LogP contribution in [0.4, 0.5) is 0 Å². The van der Waals surface area contributed by atoms with Crippen LogP contribution in [0.5, 0.6) is 5.75 Å². The molecule has 0 aliphatic heterocycles. The van der Waals surface area contributed by atoms with E-state index in [-0.39, 0.29) is 6.10 Å². The zero-order valence-corrected chi connectivity index (χ0v) is 12.4. The summed E-state index contributed by atoms with van der Waals surface area (Å²) in [5.41, 5.74) is 1.15. The molecule has 0 aliphatic carbocycles. The van der Waals surface area contributed by atoms with E-state index in [0.717, 1.165) is 24.4 Å². The maximum absolute atomic E-state index is 6.13. The summed E-state index contributed by atoms with van der Waals surface area (Å²) in [6.45, 7) is 8.21. The van der Waals surface area contributed by atoms with Gasteiger partial charge in [-0.05, 0) is 44.5 Å². The lowest BCUT2D eigenvalue weighted by atomic mass is 10.2. The molecule has 0 saturated heterocycles. The molecule has 1 aromatic rings. The molecular formula is C15H24ClNO. The maximum atomic E-state index is 6.13. The van der Waals surface area contributed by atoms with Gasteiger partial charge in [-0.15, -0.1) is 0 Å². The monoisotopic (exact) mass is 269 g/mol. The molecule has 0 saturated carbocycles. The quantitative estimate of drug-likeness (QED) is 0.715. The molecule has 0 aliphatic rings. The second-order valence-electron chi connectivity index (χ2n) is 4.77. The van der Waals surface area contributed by atoms with E-state index < -0.39 is 0 Å². The zero-order valence-electron chi connectivity index (χ0n) is 11.6. The largest absolute Gasteiger partial charge is 0.488 e. The van der Waals surface area contributed by atoms with Crippen molar-refractivity contribution in [2.75, 3.05) is 13.1 Å². The maximum Gasteiger partial charge on any atom is 0.138 e. The van der Waals surface area contributed by atoms with Gasteiger partial charge in [0.05, 0.1) is 5.02 Å². The molecule has 0 heterocycles. The average Bonchev–Trinajstić information content (AvgIpc) is 2.32. The fraction of sp³-hybridized carbons (Fsp3) is 0.600. The molecule has 18 heavy (non-hydrogen) atoms. The SMILES string of the molecule is CCCCCNCC(C)Oc1ccc(C)cc1Cl. The number of hydrogen-bond donors (Lipinski definition) is 1. The molecule has 0 amide bonds. The summed E-state index contributed by atoms with van der Waals surface area (Å²) in [6, 6.07) is 5.88. The van der Waals surface area contributed by atoms with Crippen LogP contribution in [-0.4, -0.2) is 19.2 Å². The van der Waals surface area contributed by atoms with E-state index >= 15 is 0 Å². The number of nitrogens with one attached hydrogen (secondary N) is 1. The third-order valence-electron chi connectivity index (χ3n) is 2.80. The van der Waals surface area contributed by atoms with Gasteiger partial charge >= 0.3 is 0 Å². The molecule has 0 fully saturated rings. The highest BCUT2D eigenvalue weighted by atomic mass is 35.5. The summed E-state index contributed by atoms with van der Waals surface area (Å²) >= 11 is 6.13. The Kier molecular flexibility index (Phi) is 7.14. The van der Waals surface area contributed by atoms with Crippen molar-refractivity contribution >= 4 is 11.6 Å². The van der Waals surface area contributed by atoms with Gasteiger partial charge in [0.2, 0.25) is 0 Å². The van der Waals surface area contributed by atoms with Crippen molar-refractivity contribution < 1.29 is 4.74 Å². The molecule has 102 valence electrons. The molecule has 2 nitrogen and oxygen atoms in total. The Bertz CT molecular complexity index is 354. The predicted molar refractivity (Wildman–Crippen MR) is 78.7 cm³/mol. The summed E-state index contributed by atoms with van der Waals surface area (Å²) in [4.78, 5) is 0. The number of rotatable bonds is 8. The first-order valence-electron chi connectivity index (χ1n) is 6.77. The molecule has 0 radical (unpaired) electrons. The highest BCUT2D eigenvalue weighted by Crippen LogP contribution is 2.25. The van der Waals surface area contributed by atoms with Crippen LogP contribution in [0.3, 0.4) is 0 Å². The molecule has 1 aromatic carbocycles. The van der Waals surface area contributed by atoms with Gasteiger partial charge in [0.15, 0.2) is 0 Å². The van der Waals surface area contributed by atoms with Crippen LogP contribution in [0, 0.1) is 6.92 Å². The number of benzene rings is 1. The van der Waals surface area contributed by atoms with Gasteiger partial charge in [0.1, 0.15) is 11.9 Å². The fourth-order valence-corrected chi connectivity index (χ4v) is 2.04. The van der Waals surface area contributed by atoms with E-state index in [2.05, 4.69) is 19.2 Å². The highest BCUT2D eigenvalue weighted by Gasteiger charge is 2.07. The van der Waals surface area contributed by atoms with Gasteiger partial charge in [-0.2, -0.15) is 0 Å². The minimum absolute atomic E-state index is 0.131. The van der Waals surface area contributed by atoms with Crippen molar-refractivity contribution in [2.45, 2.75) is 46.1 Å². The van der Waals surface area contributed by atoms with Crippen molar-refractivity contribution in [2.24, 2.45) is 0 Å². The van der Waals surface area contributed by atoms with Crippen LogP contribution in [-0.2, 0) is 0 Å². The Hall–Kier alpha value is -0.730. The van der Waals surface area contributed by atoms with Crippen molar-refractivity contribution in [1.82, 2.24) is 5.32 Å². The van der Waals surface area contributed by atoms with Gasteiger partial charge in [-0.3, -0.25) is 0 Å². The normalized spacial score (nSPS) is 12.4. The smallest absolute Gasteiger partial charge is 0.138 e. The Morgan fingerprint density at radius 2 is 2.11 bits per heavy atom. The summed E-state index contributed by atoms with van der Waals surface area (Å²) in [6.07, 6.45) is 3.90. The Balaban J connectivity index is 2.28. The van der Waals surface area contributed by atoms with Crippen LogP contribution in [0.2, 0.25) is 5.02 Å². The molecule has 3 heteroatoms. The highest BCUT2D eigenvalue weighted by molar-refractivity contribution is 6.32. The van der Waals surface area contributed by atoms with Crippen LogP contribution in [0.15, 0.2) is 18.2 Å². The van der Waals surface area contributed by atoms with E-state index in [9.17, 15) is 0 Å². The van der Waals surface area contributed by atoms with Gasteiger partial charge in [0.25, 0.3) is 0 Å². The van der Waals surface area contributed by atoms with E-state index in [4.69, 9.17) is 16.3 Å². The van der Waals surface area contributed by atoms with Crippen LogP contribution < -0.4 is 10.1 Å². The summed E-state index contributed by atoms with van der Waals surface area (Å²) in [5.74, 6) is 0.769. The standard InChI is InChI=1S/C15H24ClNO/c1-4-5-6-9-17-11-13(3)18-15-8-7-12(2)10-14(15)16/h7-8,10,13,17H,4-6,9,11H2,1-3H3. The van der Waals surface area contributed by atoms with Crippen LogP contribution in [0.25, 0.3) is 0 Å². The number of aryl methyl sites for hydroxylation is 1. The van der Waals surface area contributed by atoms with Crippen LogP contribution in [0.1, 0.15) is 38.7 Å².